The molecule has 1 heterocycles. The van der Waals surface area contributed by atoms with Crippen molar-refractivity contribution in [3.63, 3.8) is 0 Å². The Labute approximate surface area is 172 Å². The van der Waals surface area contributed by atoms with Crippen molar-refractivity contribution in [3.05, 3.63) is 82.1 Å². The molecule has 0 saturated heterocycles. The molecule has 30 heavy (non-hydrogen) atoms. The lowest BCUT2D eigenvalue weighted by molar-refractivity contribution is -0.137. The minimum absolute atomic E-state index is 0.0805. The number of halogens is 4. The fourth-order valence-electron chi connectivity index (χ4n) is 2.48. The minimum atomic E-state index is -4.56. The van der Waals surface area contributed by atoms with E-state index in [1.165, 1.54) is 24.3 Å². The first-order valence-electron chi connectivity index (χ1n) is 8.29. The number of hydrazone groups is 1. The second-order valence-electron chi connectivity index (χ2n) is 5.98. The largest absolute Gasteiger partial charge is 0.478 e. The summed E-state index contributed by atoms with van der Waals surface area (Å²) >= 11 is 5.83. The highest BCUT2D eigenvalue weighted by atomic mass is 35.5. The number of amides is 1. The van der Waals surface area contributed by atoms with Crippen molar-refractivity contribution in [1.29, 1.82) is 0 Å². The Hall–Kier alpha value is -3.59. The van der Waals surface area contributed by atoms with E-state index in [-0.39, 0.29) is 21.9 Å². The Bertz CT molecular complexity index is 1140. The van der Waals surface area contributed by atoms with E-state index in [4.69, 9.17) is 21.1 Å². The predicted octanol–water partition coefficient (Wildman–Crippen LogP) is 5.08. The summed E-state index contributed by atoms with van der Waals surface area (Å²) in [5, 5.41) is 12.9. The van der Waals surface area contributed by atoms with Crippen LogP contribution in [0.25, 0.3) is 11.3 Å². The molecule has 2 aromatic carbocycles. The summed E-state index contributed by atoms with van der Waals surface area (Å²) in [6.45, 7) is 0. The Morgan fingerprint density at radius 2 is 1.87 bits per heavy atom. The third-order valence-electron chi connectivity index (χ3n) is 3.92. The maximum atomic E-state index is 12.7. The first-order valence-corrected chi connectivity index (χ1v) is 8.66. The number of nitrogens with one attached hydrogen (secondary N) is 1. The van der Waals surface area contributed by atoms with Crippen LogP contribution in [0.4, 0.5) is 13.2 Å². The van der Waals surface area contributed by atoms with Crippen molar-refractivity contribution < 1.29 is 32.3 Å². The van der Waals surface area contributed by atoms with Crippen LogP contribution >= 0.6 is 11.6 Å². The maximum absolute atomic E-state index is 12.7. The van der Waals surface area contributed by atoms with Crippen LogP contribution in [-0.4, -0.2) is 23.2 Å². The zero-order chi connectivity index (χ0) is 21.9. The van der Waals surface area contributed by atoms with Crippen molar-refractivity contribution in [1.82, 2.24) is 5.43 Å². The summed E-state index contributed by atoms with van der Waals surface area (Å²) in [5.41, 5.74) is 1.34. The quantitative estimate of drug-likeness (QED) is 0.431. The van der Waals surface area contributed by atoms with E-state index < -0.39 is 23.6 Å². The third-order valence-corrected chi connectivity index (χ3v) is 4.25. The molecule has 6 nitrogen and oxygen atoms in total. The second kappa shape index (κ2) is 8.42. The van der Waals surface area contributed by atoms with Gasteiger partial charge in [-0.2, -0.15) is 18.3 Å². The molecule has 0 radical (unpaired) electrons. The van der Waals surface area contributed by atoms with Gasteiger partial charge in [-0.25, -0.2) is 10.2 Å². The zero-order valence-electron chi connectivity index (χ0n) is 14.9. The molecule has 0 saturated carbocycles. The highest BCUT2D eigenvalue weighted by Crippen LogP contribution is 2.29. The summed E-state index contributed by atoms with van der Waals surface area (Å²) < 4.78 is 43.7. The average Bonchev–Trinajstić information content (AvgIpc) is 3.16. The molecule has 1 amide bonds. The van der Waals surface area contributed by atoms with Gasteiger partial charge in [-0.05, 0) is 48.5 Å². The second-order valence-corrected chi connectivity index (χ2v) is 6.39. The van der Waals surface area contributed by atoms with Gasteiger partial charge in [0.15, 0.2) is 0 Å². The van der Waals surface area contributed by atoms with Crippen LogP contribution in [0.2, 0.25) is 5.02 Å². The molecule has 0 unspecified atom stereocenters. The molecule has 154 valence electrons. The Balaban J connectivity index is 1.70. The number of hydrogen-bond acceptors (Lipinski definition) is 4. The van der Waals surface area contributed by atoms with Crippen molar-refractivity contribution in [3.8, 4) is 11.3 Å². The van der Waals surface area contributed by atoms with Gasteiger partial charge < -0.3 is 9.52 Å². The van der Waals surface area contributed by atoms with Gasteiger partial charge in [0, 0.05) is 11.1 Å². The third kappa shape index (κ3) is 4.87. The highest BCUT2D eigenvalue weighted by molar-refractivity contribution is 6.33. The molecule has 0 aliphatic heterocycles. The van der Waals surface area contributed by atoms with Crippen LogP contribution in [-0.2, 0) is 6.18 Å². The average molecular weight is 437 g/mol. The molecule has 10 heteroatoms. The number of carbonyl (C=O) groups is 2. The number of nitrogens with zero attached hydrogens (tertiary/aromatic N) is 1. The molecule has 3 rings (SSSR count). The molecule has 0 aliphatic carbocycles. The molecule has 2 N–H and O–H groups in total. The van der Waals surface area contributed by atoms with Gasteiger partial charge in [-0.1, -0.05) is 17.7 Å². The number of aromatic carboxylic acids is 1. The van der Waals surface area contributed by atoms with E-state index in [1.807, 2.05) is 0 Å². The highest BCUT2D eigenvalue weighted by Gasteiger charge is 2.30. The van der Waals surface area contributed by atoms with Gasteiger partial charge in [0.1, 0.15) is 11.5 Å². The van der Waals surface area contributed by atoms with Crippen LogP contribution in [0.5, 0.6) is 0 Å². The Kier molecular flexibility index (Phi) is 5.93. The summed E-state index contributed by atoms with van der Waals surface area (Å²) in [4.78, 5) is 23.2. The number of rotatable bonds is 5. The lowest BCUT2D eigenvalue weighted by Gasteiger charge is -2.07. The summed E-state index contributed by atoms with van der Waals surface area (Å²) in [6.07, 6.45) is -3.41. The van der Waals surface area contributed by atoms with Crippen LogP contribution in [0.15, 0.2) is 64.1 Å². The number of carbonyl (C=O) groups excluding carboxylic acids is 1. The number of carboxylic acid groups (broad SMARTS) is 1. The lowest BCUT2D eigenvalue weighted by Crippen LogP contribution is -2.18. The zero-order valence-corrected chi connectivity index (χ0v) is 15.7. The number of carboxylic acids is 1. The predicted molar refractivity (Wildman–Crippen MR) is 103 cm³/mol. The smallest absolute Gasteiger partial charge is 0.416 e. The minimum Gasteiger partial charge on any atom is -0.478 e. The molecule has 0 bridgehead atoms. The summed E-state index contributed by atoms with van der Waals surface area (Å²) in [5.74, 6) is -1.46. The first kappa shape index (κ1) is 21.1. The molecule has 1 aromatic heterocycles. The van der Waals surface area contributed by atoms with E-state index >= 15 is 0 Å². The first-order chi connectivity index (χ1) is 14.1. The standard InChI is InChI=1S/C20H12ClF3N2O4/c21-16-6-4-11(9-15(16)19(28)29)17-7-5-14(30-17)10-25-26-18(27)12-2-1-3-13(8-12)20(22,23)24/h1-10H,(H,26,27)(H,28,29)/b25-10+. The Morgan fingerprint density at radius 3 is 2.57 bits per heavy atom. The normalized spacial score (nSPS) is 11.6. The molecular formula is C20H12ClF3N2O4. The number of alkyl halides is 3. The van der Waals surface area contributed by atoms with E-state index in [2.05, 4.69) is 10.5 Å². The molecule has 3 aromatic rings. The maximum Gasteiger partial charge on any atom is 0.416 e. The van der Waals surface area contributed by atoms with Gasteiger partial charge in [-0.15, -0.1) is 0 Å². The fourth-order valence-corrected chi connectivity index (χ4v) is 2.67. The topological polar surface area (TPSA) is 91.9 Å². The van der Waals surface area contributed by atoms with Crippen LogP contribution in [0.1, 0.15) is 32.0 Å². The van der Waals surface area contributed by atoms with Gasteiger partial charge in [0.25, 0.3) is 5.91 Å². The van der Waals surface area contributed by atoms with Crippen LogP contribution in [0, 0.1) is 0 Å². The molecule has 0 fully saturated rings. The van der Waals surface area contributed by atoms with Gasteiger partial charge in [0.2, 0.25) is 0 Å². The molecular weight excluding hydrogens is 425 g/mol. The summed E-state index contributed by atoms with van der Waals surface area (Å²) in [7, 11) is 0. The van der Waals surface area contributed by atoms with Gasteiger partial charge in [-0.3, -0.25) is 4.79 Å². The number of hydrogen-bond donors (Lipinski definition) is 2. The van der Waals surface area contributed by atoms with E-state index in [9.17, 15) is 22.8 Å². The number of benzene rings is 2. The van der Waals surface area contributed by atoms with Crippen LogP contribution in [0.3, 0.4) is 0 Å². The van der Waals surface area contributed by atoms with Crippen LogP contribution < -0.4 is 5.43 Å². The monoisotopic (exact) mass is 436 g/mol. The molecule has 0 aliphatic rings. The Morgan fingerprint density at radius 1 is 1.10 bits per heavy atom. The summed E-state index contributed by atoms with van der Waals surface area (Å²) in [6, 6.07) is 11.3. The number of furan rings is 1. The van der Waals surface area contributed by atoms with E-state index in [0.717, 1.165) is 24.4 Å². The van der Waals surface area contributed by atoms with Crippen molar-refractivity contribution in [2.75, 3.05) is 0 Å². The van der Waals surface area contributed by atoms with Gasteiger partial charge in [0.05, 0.1) is 22.4 Å². The van der Waals surface area contributed by atoms with E-state index in [1.54, 1.807) is 12.1 Å². The van der Waals surface area contributed by atoms with Crippen molar-refractivity contribution in [2.45, 2.75) is 6.18 Å². The van der Waals surface area contributed by atoms with Gasteiger partial charge >= 0.3 is 12.1 Å². The van der Waals surface area contributed by atoms with E-state index in [0.29, 0.717) is 11.3 Å². The van der Waals surface area contributed by atoms with Crippen molar-refractivity contribution in [2.24, 2.45) is 5.10 Å². The molecule has 0 spiro atoms. The SMILES string of the molecule is O=C(N/N=C/c1ccc(-c2ccc(Cl)c(C(=O)O)c2)o1)c1cccc(C(F)(F)F)c1. The van der Waals surface area contributed by atoms with Crippen molar-refractivity contribution >= 4 is 29.7 Å². The molecule has 0 atom stereocenters. The lowest BCUT2D eigenvalue weighted by atomic mass is 10.1. The fraction of sp³-hybridized carbons (Fsp3) is 0.0500.